The smallest absolute Gasteiger partial charge is 0.329 e. The van der Waals surface area contributed by atoms with E-state index in [0.717, 1.165) is 0 Å². The molecule has 0 radical (unpaired) electrons. The number of rotatable bonds is 4. The standard InChI is InChI=1S/C21H29N3O3/c1-14(2)18(20(26)27-21(3,4)5)24(6)19(25)16-12-15(13-16)8-9-17-22-10-7-11-23-17/h7,10-11,14-16,18H,12-13H2,1-6H3/t15-,16+,18-/m0/s1. The van der Waals surface area contributed by atoms with Gasteiger partial charge in [-0.25, -0.2) is 14.8 Å². The third-order valence-corrected chi connectivity index (χ3v) is 4.49. The van der Waals surface area contributed by atoms with Gasteiger partial charge in [0.15, 0.2) is 0 Å². The quantitative estimate of drug-likeness (QED) is 0.601. The molecule has 2 rings (SSSR count). The van der Waals surface area contributed by atoms with Gasteiger partial charge in [0.25, 0.3) is 0 Å². The highest BCUT2D eigenvalue weighted by Crippen LogP contribution is 2.35. The Morgan fingerprint density at radius 2 is 1.81 bits per heavy atom. The van der Waals surface area contributed by atoms with Crippen LogP contribution in [-0.2, 0) is 14.3 Å². The minimum absolute atomic E-state index is 0.0198. The Morgan fingerprint density at radius 3 is 2.33 bits per heavy atom. The Balaban J connectivity index is 1.95. The Bertz CT molecular complexity index is 723. The highest BCUT2D eigenvalue weighted by atomic mass is 16.6. The van der Waals surface area contributed by atoms with Crippen LogP contribution in [-0.4, -0.2) is 45.4 Å². The molecule has 1 aromatic heterocycles. The van der Waals surface area contributed by atoms with Crippen LogP contribution in [0.15, 0.2) is 18.5 Å². The van der Waals surface area contributed by atoms with Crippen molar-refractivity contribution < 1.29 is 14.3 Å². The summed E-state index contributed by atoms with van der Waals surface area (Å²) < 4.78 is 5.50. The first-order valence-corrected chi connectivity index (χ1v) is 9.36. The highest BCUT2D eigenvalue weighted by Gasteiger charge is 2.40. The molecular weight excluding hydrogens is 342 g/mol. The molecule has 146 valence electrons. The first kappa shape index (κ1) is 20.9. The van der Waals surface area contributed by atoms with Crippen LogP contribution in [0, 0.1) is 29.6 Å². The molecule has 1 atom stereocenters. The molecule has 1 heterocycles. The molecule has 1 aliphatic rings. The number of esters is 1. The van der Waals surface area contributed by atoms with Gasteiger partial charge in [0.1, 0.15) is 11.6 Å². The molecule has 1 saturated carbocycles. The summed E-state index contributed by atoms with van der Waals surface area (Å²) >= 11 is 0. The van der Waals surface area contributed by atoms with Crippen molar-refractivity contribution in [1.29, 1.82) is 0 Å². The number of amides is 1. The van der Waals surface area contributed by atoms with Crippen molar-refractivity contribution in [2.24, 2.45) is 17.8 Å². The fourth-order valence-electron chi connectivity index (χ4n) is 3.13. The number of nitrogens with zero attached hydrogens (tertiary/aromatic N) is 3. The first-order valence-electron chi connectivity index (χ1n) is 9.36. The van der Waals surface area contributed by atoms with Gasteiger partial charge in [0, 0.05) is 31.3 Å². The minimum Gasteiger partial charge on any atom is -0.458 e. The molecule has 1 amide bonds. The van der Waals surface area contributed by atoms with Crippen LogP contribution in [0.5, 0.6) is 0 Å². The molecule has 0 spiro atoms. The summed E-state index contributed by atoms with van der Waals surface area (Å²) in [6, 6.07) is 1.16. The zero-order valence-corrected chi connectivity index (χ0v) is 17.0. The van der Waals surface area contributed by atoms with E-state index in [0.29, 0.717) is 18.7 Å². The number of aromatic nitrogens is 2. The van der Waals surface area contributed by atoms with E-state index in [-0.39, 0.29) is 29.6 Å². The van der Waals surface area contributed by atoms with Crippen molar-refractivity contribution in [3.63, 3.8) is 0 Å². The molecule has 6 nitrogen and oxygen atoms in total. The summed E-state index contributed by atoms with van der Waals surface area (Å²) in [5, 5.41) is 0. The zero-order chi connectivity index (χ0) is 20.2. The molecule has 0 saturated heterocycles. The third-order valence-electron chi connectivity index (χ3n) is 4.49. The largest absolute Gasteiger partial charge is 0.458 e. The van der Waals surface area contributed by atoms with Crippen LogP contribution in [0.25, 0.3) is 0 Å². The van der Waals surface area contributed by atoms with E-state index in [2.05, 4.69) is 21.8 Å². The number of hydrogen-bond donors (Lipinski definition) is 0. The van der Waals surface area contributed by atoms with Crippen molar-refractivity contribution in [3.8, 4) is 11.8 Å². The van der Waals surface area contributed by atoms with E-state index in [9.17, 15) is 9.59 Å². The van der Waals surface area contributed by atoms with Gasteiger partial charge >= 0.3 is 5.97 Å². The van der Waals surface area contributed by atoms with E-state index in [1.54, 1.807) is 30.4 Å². The second-order valence-corrected chi connectivity index (χ2v) is 8.38. The number of ether oxygens (including phenoxy) is 1. The van der Waals surface area contributed by atoms with Crippen LogP contribution in [0.3, 0.4) is 0 Å². The van der Waals surface area contributed by atoms with E-state index in [1.165, 1.54) is 0 Å². The summed E-state index contributed by atoms with van der Waals surface area (Å²) in [5.74, 6) is 6.23. The van der Waals surface area contributed by atoms with Crippen LogP contribution in [0.1, 0.15) is 53.3 Å². The molecule has 0 unspecified atom stereocenters. The molecular formula is C21H29N3O3. The van der Waals surface area contributed by atoms with Crippen LogP contribution < -0.4 is 0 Å². The molecule has 27 heavy (non-hydrogen) atoms. The Labute approximate surface area is 161 Å². The summed E-state index contributed by atoms with van der Waals surface area (Å²) in [6.07, 6.45) is 4.70. The van der Waals surface area contributed by atoms with Gasteiger partial charge in [-0.2, -0.15) is 0 Å². The maximum absolute atomic E-state index is 12.8. The van der Waals surface area contributed by atoms with Gasteiger partial charge in [-0.3, -0.25) is 4.79 Å². The summed E-state index contributed by atoms with van der Waals surface area (Å²) in [6.45, 7) is 9.34. The van der Waals surface area contributed by atoms with Crippen molar-refractivity contribution in [2.45, 2.75) is 59.1 Å². The van der Waals surface area contributed by atoms with Crippen molar-refractivity contribution >= 4 is 11.9 Å². The number of carbonyl (C=O) groups is 2. The second kappa shape index (κ2) is 8.51. The van der Waals surface area contributed by atoms with Crippen molar-refractivity contribution in [3.05, 3.63) is 24.3 Å². The number of carbonyl (C=O) groups excluding carboxylic acids is 2. The van der Waals surface area contributed by atoms with Crippen molar-refractivity contribution in [2.75, 3.05) is 7.05 Å². The van der Waals surface area contributed by atoms with E-state index >= 15 is 0 Å². The Kier molecular flexibility index (Phi) is 6.59. The lowest BCUT2D eigenvalue weighted by Crippen LogP contribution is -2.51. The lowest BCUT2D eigenvalue weighted by molar-refractivity contribution is -0.167. The maximum atomic E-state index is 12.8. The third kappa shape index (κ3) is 5.78. The monoisotopic (exact) mass is 371 g/mol. The lowest BCUT2D eigenvalue weighted by atomic mass is 9.74. The SMILES string of the molecule is CC(C)[C@@H](C(=O)OC(C)(C)C)N(C)C(=O)[C@H]1C[C@@H](C#Cc2ncccn2)C1. The normalized spacial score (nSPS) is 20.1. The van der Waals surface area contributed by atoms with Gasteiger partial charge in [0.05, 0.1) is 0 Å². The number of hydrogen-bond acceptors (Lipinski definition) is 5. The average Bonchev–Trinajstić information content (AvgIpc) is 2.52. The molecule has 1 aliphatic carbocycles. The molecule has 6 heteroatoms. The van der Waals surface area contributed by atoms with Gasteiger partial charge in [-0.15, -0.1) is 0 Å². The summed E-state index contributed by atoms with van der Waals surface area (Å²) in [5.41, 5.74) is -0.579. The maximum Gasteiger partial charge on any atom is 0.329 e. The van der Waals surface area contributed by atoms with Gasteiger partial charge in [-0.1, -0.05) is 19.8 Å². The fraction of sp³-hybridized carbons (Fsp3) is 0.619. The Morgan fingerprint density at radius 1 is 1.22 bits per heavy atom. The highest BCUT2D eigenvalue weighted by molar-refractivity contribution is 5.86. The van der Waals surface area contributed by atoms with Crippen LogP contribution in [0.2, 0.25) is 0 Å². The molecule has 1 fully saturated rings. The lowest BCUT2D eigenvalue weighted by Gasteiger charge is -2.38. The van der Waals surface area contributed by atoms with Gasteiger partial charge < -0.3 is 9.64 Å². The molecule has 0 aliphatic heterocycles. The van der Waals surface area contributed by atoms with Crippen LogP contribution in [0.4, 0.5) is 0 Å². The summed E-state index contributed by atoms with van der Waals surface area (Å²) in [4.78, 5) is 35.0. The minimum atomic E-state index is -0.584. The second-order valence-electron chi connectivity index (χ2n) is 8.38. The average molecular weight is 371 g/mol. The topological polar surface area (TPSA) is 72.4 Å². The first-order chi connectivity index (χ1) is 12.6. The van der Waals surface area contributed by atoms with Gasteiger partial charge in [0.2, 0.25) is 11.7 Å². The zero-order valence-electron chi connectivity index (χ0n) is 17.0. The van der Waals surface area contributed by atoms with E-state index in [1.807, 2.05) is 34.6 Å². The van der Waals surface area contributed by atoms with Crippen molar-refractivity contribution in [1.82, 2.24) is 14.9 Å². The predicted octanol–water partition coefficient (Wildman–Crippen LogP) is 2.68. The van der Waals surface area contributed by atoms with Gasteiger partial charge in [-0.05, 0) is 51.5 Å². The molecule has 0 bridgehead atoms. The molecule has 1 aromatic rings. The van der Waals surface area contributed by atoms with E-state index < -0.39 is 11.6 Å². The molecule has 0 N–H and O–H groups in total. The fourth-order valence-corrected chi connectivity index (χ4v) is 3.13. The Hall–Kier alpha value is -2.42. The van der Waals surface area contributed by atoms with Crippen LogP contribution >= 0.6 is 0 Å². The summed E-state index contributed by atoms with van der Waals surface area (Å²) in [7, 11) is 1.69. The predicted molar refractivity (Wildman–Crippen MR) is 102 cm³/mol. The number of likely N-dealkylation sites (N-methyl/N-ethyl adjacent to an activating group) is 1. The van der Waals surface area contributed by atoms with E-state index in [4.69, 9.17) is 4.74 Å². The molecule has 0 aromatic carbocycles.